The van der Waals surface area contributed by atoms with Crippen molar-refractivity contribution in [2.24, 2.45) is 5.92 Å². The van der Waals surface area contributed by atoms with Crippen molar-refractivity contribution in [1.82, 2.24) is 5.32 Å². The second-order valence-corrected chi connectivity index (χ2v) is 6.64. The number of rotatable bonds is 3. The molecule has 98 valence electrons. The van der Waals surface area contributed by atoms with Crippen molar-refractivity contribution in [1.29, 1.82) is 0 Å². The first-order chi connectivity index (χ1) is 8.52. The van der Waals surface area contributed by atoms with E-state index in [1.54, 1.807) is 0 Å². The molecular formula is C16H23NO. The van der Waals surface area contributed by atoms with Gasteiger partial charge in [-0.2, -0.15) is 0 Å². The molecule has 2 heteroatoms. The molecule has 0 aromatic heterocycles. The summed E-state index contributed by atoms with van der Waals surface area (Å²) >= 11 is 0. The average molecular weight is 245 g/mol. The van der Waals surface area contributed by atoms with Crippen molar-refractivity contribution >= 4 is 0 Å². The van der Waals surface area contributed by atoms with Gasteiger partial charge in [0.1, 0.15) is 11.4 Å². The molecule has 0 bridgehead atoms. The Hall–Kier alpha value is -1.02. The lowest BCUT2D eigenvalue weighted by Gasteiger charge is -2.33. The highest BCUT2D eigenvalue weighted by Gasteiger charge is 2.30. The summed E-state index contributed by atoms with van der Waals surface area (Å²) in [6, 6.07) is 7.36. The van der Waals surface area contributed by atoms with Gasteiger partial charge in [0, 0.05) is 19.0 Å². The van der Waals surface area contributed by atoms with Gasteiger partial charge in [0.25, 0.3) is 0 Å². The van der Waals surface area contributed by atoms with Gasteiger partial charge in [0.15, 0.2) is 0 Å². The molecule has 1 heterocycles. The molecule has 3 rings (SSSR count). The summed E-state index contributed by atoms with van der Waals surface area (Å²) in [5.41, 5.74) is 2.72. The van der Waals surface area contributed by atoms with E-state index in [-0.39, 0.29) is 5.60 Å². The fourth-order valence-electron chi connectivity index (χ4n) is 3.10. The number of hydrogen-bond acceptors (Lipinski definition) is 2. The largest absolute Gasteiger partial charge is 0.487 e. The van der Waals surface area contributed by atoms with Crippen molar-refractivity contribution in [2.75, 3.05) is 0 Å². The molecule has 1 aliphatic heterocycles. The maximum absolute atomic E-state index is 5.90. The Labute approximate surface area is 110 Å². The fraction of sp³-hybridized carbons (Fsp3) is 0.625. The summed E-state index contributed by atoms with van der Waals surface area (Å²) in [5, 5.41) is 3.64. The molecule has 0 amide bonds. The number of hydrogen-bond donors (Lipinski definition) is 1. The van der Waals surface area contributed by atoms with Gasteiger partial charge in [0.05, 0.1) is 0 Å². The van der Waals surface area contributed by atoms with Crippen LogP contribution in [0.15, 0.2) is 18.2 Å². The third-order valence-electron chi connectivity index (χ3n) is 4.10. The van der Waals surface area contributed by atoms with Crippen LogP contribution in [0.3, 0.4) is 0 Å². The van der Waals surface area contributed by atoms with Crippen LogP contribution in [0.1, 0.15) is 44.7 Å². The van der Waals surface area contributed by atoms with Crippen molar-refractivity contribution in [2.45, 2.75) is 58.2 Å². The second kappa shape index (κ2) is 4.27. The second-order valence-electron chi connectivity index (χ2n) is 6.64. The van der Waals surface area contributed by atoms with E-state index in [0.717, 1.165) is 30.7 Å². The predicted molar refractivity (Wildman–Crippen MR) is 73.9 cm³/mol. The first-order valence-electron chi connectivity index (χ1n) is 7.06. The van der Waals surface area contributed by atoms with Gasteiger partial charge >= 0.3 is 0 Å². The van der Waals surface area contributed by atoms with Crippen LogP contribution < -0.4 is 10.1 Å². The van der Waals surface area contributed by atoms with Gasteiger partial charge < -0.3 is 10.1 Å². The summed E-state index contributed by atoms with van der Waals surface area (Å²) in [6.45, 7) is 7.62. The Bertz CT molecular complexity index is 446. The van der Waals surface area contributed by atoms with Gasteiger partial charge in [0.2, 0.25) is 0 Å². The SMILES string of the molecule is CC1CC(NCc2ccc3c(c2)CC(C)(C)O3)C1. The molecule has 0 radical (unpaired) electrons. The normalized spacial score (nSPS) is 28.4. The summed E-state index contributed by atoms with van der Waals surface area (Å²) in [7, 11) is 0. The number of nitrogens with one attached hydrogen (secondary N) is 1. The monoisotopic (exact) mass is 245 g/mol. The minimum atomic E-state index is -0.0300. The zero-order chi connectivity index (χ0) is 12.8. The molecule has 2 nitrogen and oxygen atoms in total. The van der Waals surface area contributed by atoms with Crippen LogP contribution in [0.4, 0.5) is 0 Å². The molecular weight excluding hydrogens is 222 g/mol. The van der Waals surface area contributed by atoms with Gasteiger partial charge in [-0.15, -0.1) is 0 Å². The van der Waals surface area contributed by atoms with Crippen LogP contribution in [-0.4, -0.2) is 11.6 Å². The van der Waals surface area contributed by atoms with Crippen LogP contribution in [0, 0.1) is 5.92 Å². The molecule has 18 heavy (non-hydrogen) atoms. The van der Waals surface area contributed by atoms with Crippen molar-refractivity contribution in [3.8, 4) is 5.75 Å². The maximum atomic E-state index is 5.90. The molecule has 1 fully saturated rings. The first kappa shape index (κ1) is 12.0. The van der Waals surface area contributed by atoms with Gasteiger partial charge in [-0.25, -0.2) is 0 Å². The number of ether oxygens (including phenoxy) is 1. The molecule has 2 aliphatic rings. The number of benzene rings is 1. The number of fused-ring (bicyclic) bond motifs is 1. The highest BCUT2D eigenvalue weighted by Crippen LogP contribution is 2.35. The quantitative estimate of drug-likeness (QED) is 0.882. The Kier molecular flexibility index (Phi) is 2.86. The van der Waals surface area contributed by atoms with Crippen LogP contribution in [0.5, 0.6) is 5.75 Å². The molecule has 0 saturated heterocycles. The van der Waals surface area contributed by atoms with Gasteiger partial charge in [-0.1, -0.05) is 19.1 Å². The Morgan fingerprint density at radius 2 is 2.11 bits per heavy atom. The van der Waals surface area contributed by atoms with Gasteiger partial charge in [-0.3, -0.25) is 0 Å². The third-order valence-corrected chi connectivity index (χ3v) is 4.10. The molecule has 1 aromatic rings. The van der Waals surface area contributed by atoms with E-state index in [2.05, 4.69) is 44.3 Å². The lowest BCUT2D eigenvalue weighted by molar-refractivity contribution is 0.138. The average Bonchev–Trinajstić information content (AvgIpc) is 2.55. The van der Waals surface area contributed by atoms with Crippen LogP contribution in [0.2, 0.25) is 0 Å². The molecule has 1 aromatic carbocycles. The highest BCUT2D eigenvalue weighted by molar-refractivity contribution is 5.41. The minimum Gasteiger partial charge on any atom is -0.487 e. The van der Waals surface area contributed by atoms with Crippen LogP contribution in [-0.2, 0) is 13.0 Å². The summed E-state index contributed by atoms with van der Waals surface area (Å²) in [4.78, 5) is 0. The third kappa shape index (κ3) is 2.39. The van der Waals surface area contributed by atoms with E-state index in [0.29, 0.717) is 0 Å². The van der Waals surface area contributed by atoms with Crippen LogP contribution in [0.25, 0.3) is 0 Å². The van der Waals surface area contributed by atoms with E-state index in [1.165, 1.54) is 24.0 Å². The maximum Gasteiger partial charge on any atom is 0.123 e. The van der Waals surface area contributed by atoms with Crippen molar-refractivity contribution < 1.29 is 4.74 Å². The van der Waals surface area contributed by atoms with E-state index >= 15 is 0 Å². The highest BCUT2D eigenvalue weighted by atomic mass is 16.5. The molecule has 0 spiro atoms. The minimum absolute atomic E-state index is 0.0300. The molecule has 0 unspecified atom stereocenters. The summed E-state index contributed by atoms with van der Waals surface area (Å²) in [6.07, 6.45) is 3.69. The first-order valence-corrected chi connectivity index (χ1v) is 7.06. The van der Waals surface area contributed by atoms with Gasteiger partial charge in [-0.05, 0) is 49.8 Å². The standard InChI is InChI=1S/C16H23NO/c1-11-6-14(7-11)17-10-12-4-5-15-13(8-12)9-16(2,3)18-15/h4-5,8,11,14,17H,6-7,9-10H2,1-3H3. The van der Waals surface area contributed by atoms with Crippen molar-refractivity contribution in [3.63, 3.8) is 0 Å². The van der Waals surface area contributed by atoms with Crippen molar-refractivity contribution in [3.05, 3.63) is 29.3 Å². The van der Waals surface area contributed by atoms with E-state index < -0.39 is 0 Å². The summed E-state index contributed by atoms with van der Waals surface area (Å²) < 4.78 is 5.90. The molecule has 1 N–H and O–H groups in total. The van der Waals surface area contributed by atoms with E-state index in [1.807, 2.05) is 0 Å². The predicted octanol–water partition coefficient (Wildman–Crippen LogP) is 3.29. The lowest BCUT2D eigenvalue weighted by atomic mass is 9.82. The molecule has 1 aliphatic carbocycles. The lowest BCUT2D eigenvalue weighted by Crippen LogP contribution is -2.39. The zero-order valence-corrected chi connectivity index (χ0v) is 11.6. The Morgan fingerprint density at radius 3 is 2.83 bits per heavy atom. The van der Waals surface area contributed by atoms with E-state index in [9.17, 15) is 0 Å². The zero-order valence-electron chi connectivity index (χ0n) is 11.6. The smallest absolute Gasteiger partial charge is 0.123 e. The fourth-order valence-corrected chi connectivity index (χ4v) is 3.10. The van der Waals surface area contributed by atoms with Crippen LogP contribution >= 0.6 is 0 Å². The van der Waals surface area contributed by atoms with E-state index in [4.69, 9.17) is 4.74 Å². The topological polar surface area (TPSA) is 21.3 Å². The Morgan fingerprint density at radius 1 is 1.33 bits per heavy atom. The summed E-state index contributed by atoms with van der Waals surface area (Å²) in [5.74, 6) is 1.98. The molecule has 0 atom stereocenters. The Balaban J connectivity index is 1.61. The molecule has 1 saturated carbocycles.